The van der Waals surface area contributed by atoms with Crippen molar-refractivity contribution >= 4 is 0 Å². The number of benzene rings is 1. The second-order valence-corrected chi connectivity index (χ2v) is 5.05. The molecule has 0 aliphatic heterocycles. The third kappa shape index (κ3) is 3.48. The molecule has 3 heteroatoms. The van der Waals surface area contributed by atoms with Gasteiger partial charge in [-0.15, -0.1) is 0 Å². The number of nitriles is 1. The zero-order valence-electron chi connectivity index (χ0n) is 11.9. The lowest BCUT2D eigenvalue weighted by Gasteiger charge is -2.28. The number of hydrogen-bond acceptors (Lipinski definition) is 3. The second kappa shape index (κ2) is 6.42. The van der Waals surface area contributed by atoms with Gasteiger partial charge in [-0.1, -0.05) is 19.9 Å². The molecule has 0 bridgehead atoms. The molecule has 0 radical (unpaired) electrons. The molecule has 0 N–H and O–H groups in total. The van der Waals surface area contributed by atoms with Crippen molar-refractivity contribution in [3.8, 4) is 11.8 Å². The minimum Gasteiger partial charge on any atom is -0.495 e. The van der Waals surface area contributed by atoms with Gasteiger partial charge < -0.3 is 4.74 Å². The van der Waals surface area contributed by atoms with E-state index in [2.05, 4.69) is 38.8 Å². The Kier molecular flexibility index (Phi) is 5.18. The van der Waals surface area contributed by atoms with Gasteiger partial charge in [0.2, 0.25) is 0 Å². The fourth-order valence-electron chi connectivity index (χ4n) is 1.88. The fourth-order valence-corrected chi connectivity index (χ4v) is 1.88. The standard InChI is InChI=1S/C15H22N2O/c1-11(2)12(3)17(4)10-13-6-7-15(18-5)14(8-13)9-16/h6-8,11-12H,10H2,1-5H3. The Morgan fingerprint density at radius 1 is 1.33 bits per heavy atom. The van der Waals surface area contributed by atoms with Crippen molar-refractivity contribution < 1.29 is 4.74 Å². The molecule has 0 aliphatic carbocycles. The van der Waals surface area contributed by atoms with E-state index >= 15 is 0 Å². The van der Waals surface area contributed by atoms with Crippen molar-refractivity contribution in [2.24, 2.45) is 5.92 Å². The fraction of sp³-hybridized carbons (Fsp3) is 0.533. The van der Waals surface area contributed by atoms with E-state index < -0.39 is 0 Å². The summed E-state index contributed by atoms with van der Waals surface area (Å²) in [5.41, 5.74) is 1.74. The SMILES string of the molecule is COc1ccc(CN(C)C(C)C(C)C)cc1C#N. The zero-order valence-corrected chi connectivity index (χ0v) is 11.9. The van der Waals surface area contributed by atoms with Crippen molar-refractivity contribution in [1.29, 1.82) is 5.26 Å². The van der Waals surface area contributed by atoms with E-state index in [1.807, 2.05) is 18.2 Å². The largest absolute Gasteiger partial charge is 0.495 e. The van der Waals surface area contributed by atoms with Crippen molar-refractivity contribution in [2.75, 3.05) is 14.2 Å². The summed E-state index contributed by atoms with van der Waals surface area (Å²) in [4.78, 5) is 2.30. The molecule has 1 rings (SSSR count). The van der Waals surface area contributed by atoms with Crippen LogP contribution in [0.15, 0.2) is 18.2 Å². The van der Waals surface area contributed by atoms with E-state index in [1.165, 1.54) is 0 Å². The van der Waals surface area contributed by atoms with Gasteiger partial charge in [-0.25, -0.2) is 0 Å². The molecule has 0 aromatic heterocycles. The van der Waals surface area contributed by atoms with E-state index in [-0.39, 0.29) is 0 Å². The van der Waals surface area contributed by atoms with Crippen LogP contribution in [0.2, 0.25) is 0 Å². The Hall–Kier alpha value is -1.53. The molecular formula is C15H22N2O. The first-order chi connectivity index (χ1) is 8.49. The van der Waals surface area contributed by atoms with Crippen LogP contribution in [0.3, 0.4) is 0 Å². The van der Waals surface area contributed by atoms with Gasteiger partial charge in [-0.2, -0.15) is 5.26 Å². The van der Waals surface area contributed by atoms with Crippen LogP contribution in [0.5, 0.6) is 5.75 Å². The van der Waals surface area contributed by atoms with E-state index in [0.29, 0.717) is 23.3 Å². The molecule has 3 nitrogen and oxygen atoms in total. The monoisotopic (exact) mass is 246 g/mol. The molecule has 0 spiro atoms. The topological polar surface area (TPSA) is 36.3 Å². The molecule has 0 aliphatic rings. The van der Waals surface area contributed by atoms with Crippen molar-refractivity contribution in [3.63, 3.8) is 0 Å². The third-order valence-electron chi connectivity index (χ3n) is 3.48. The highest BCUT2D eigenvalue weighted by Gasteiger charge is 2.14. The van der Waals surface area contributed by atoms with E-state index in [0.717, 1.165) is 12.1 Å². The molecule has 1 aromatic rings. The summed E-state index contributed by atoms with van der Waals surface area (Å²) in [5, 5.41) is 9.06. The van der Waals surface area contributed by atoms with Crippen LogP contribution in [-0.2, 0) is 6.54 Å². The molecule has 0 heterocycles. The maximum absolute atomic E-state index is 9.06. The number of ether oxygens (including phenoxy) is 1. The lowest BCUT2D eigenvalue weighted by molar-refractivity contribution is 0.200. The molecular weight excluding hydrogens is 224 g/mol. The van der Waals surface area contributed by atoms with Crippen molar-refractivity contribution in [1.82, 2.24) is 4.90 Å². The van der Waals surface area contributed by atoms with Crippen molar-refractivity contribution in [2.45, 2.75) is 33.4 Å². The van der Waals surface area contributed by atoms with Crippen LogP contribution in [0.4, 0.5) is 0 Å². The Morgan fingerprint density at radius 2 is 2.00 bits per heavy atom. The van der Waals surface area contributed by atoms with E-state index in [4.69, 9.17) is 10.00 Å². The van der Waals surface area contributed by atoms with Crippen LogP contribution >= 0.6 is 0 Å². The molecule has 0 saturated heterocycles. The summed E-state index contributed by atoms with van der Waals surface area (Å²) >= 11 is 0. The number of hydrogen-bond donors (Lipinski definition) is 0. The Morgan fingerprint density at radius 3 is 2.50 bits per heavy atom. The van der Waals surface area contributed by atoms with Crippen LogP contribution in [0.1, 0.15) is 31.9 Å². The molecule has 0 fully saturated rings. The maximum Gasteiger partial charge on any atom is 0.136 e. The molecule has 18 heavy (non-hydrogen) atoms. The van der Waals surface area contributed by atoms with Gasteiger partial charge in [-0.3, -0.25) is 4.90 Å². The number of rotatable bonds is 5. The lowest BCUT2D eigenvalue weighted by Crippen LogP contribution is -2.32. The summed E-state index contributed by atoms with van der Waals surface area (Å²) < 4.78 is 5.15. The first kappa shape index (κ1) is 14.5. The van der Waals surface area contributed by atoms with Gasteiger partial charge in [0.05, 0.1) is 12.7 Å². The van der Waals surface area contributed by atoms with Gasteiger partial charge in [0, 0.05) is 12.6 Å². The van der Waals surface area contributed by atoms with Crippen LogP contribution in [0.25, 0.3) is 0 Å². The highest BCUT2D eigenvalue weighted by Crippen LogP contribution is 2.20. The predicted molar refractivity (Wildman–Crippen MR) is 73.5 cm³/mol. The average Bonchev–Trinajstić information content (AvgIpc) is 2.37. The van der Waals surface area contributed by atoms with Gasteiger partial charge in [0.1, 0.15) is 11.8 Å². The summed E-state index contributed by atoms with van der Waals surface area (Å²) in [6.07, 6.45) is 0. The first-order valence-electron chi connectivity index (χ1n) is 6.26. The summed E-state index contributed by atoms with van der Waals surface area (Å²) in [6, 6.07) is 8.47. The minimum atomic E-state index is 0.512. The van der Waals surface area contributed by atoms with Crippen LogP contribution in [-0.4, -0.2) is 25.1 Å². The quantitative estimate of drug-likeness (QED) is 0.801. The van der Waals surface area contributed by atoms with Crippen LogP contribution < -0.4 is 4.74 Å². The highest BCUT2D eigenvalue weighted by molar-refractivity contribution is 5.45. The smallest absolute Gasteiger partial charge is 0.136 e. The van der Waals surface area contributed by atoms with Crippen LogP contribution in [0, 0.1) is 17.2 Å². The number of methoxy groups -OCH3 is 1. The zero-order chi connectivity index (χ0) is 13.7. The van der Waals surface area contributed by atoms with Gasteiger partial charge >= 0.3 is 0 Å². The first-order valence-corrected chi connectivity index (χ1v) is 6.26. The third-order valence-corrected chi connectivity index (χ3v) is 3.48. The lowest BCUT2D eigenvalue weighted by atomic mass is 10.0. The predicted octanol–water partition coefficient (Wildman–Crippen LogP) is 3.04. The van der Waals surface area contributed by atoms with Gasteiger partial charge in [-0.05, 0) is 37.6 Å². The molecule has 0 saturated carbocycles. The normalized spacial score (nSPS) is 12.6. The molecule has 1 aromatic carbocycles. The molecule has 98 valence electrons. The minimum absolute atomic E-state index is 0.512. The Bertz CT molecular complexity index is 435. The van der Waals surface area contributed by atoms with Gasteiger partial charge in [0.15, 0.2) is 0 Å². The Balaban J connectivity index is 2.83. The van der Waals surface area contributed by atoms with E-state index in [1.54, 1.807) is 7.11 Å². The molecule has 0 amide bonds. The Labute approximate surface area is 110 Å². The van der Waals surface area contributed by atoms with Crippen molar-refractivity contribution in [3.05, 3.63) is 29.3 Å². The van der Waals surface area contributed by atoms with E-state index in [9.17, 15) is 0 Å². The second-order valence-electron chi connectivity index (χ2n) is 5.05. The number of nitrogens with zero attached hydrogens (tertiary/aromatic N) is 2. The maximum atomic E-state index is 9.06. The summed E-state index contributed by atoms with van der Waals surface area (Å²) in [7, 11) is 3.70. The average molecular weight is 246 g/mol. The molecule has 1 unspecified atom stereocenters. The molecule has 1 atom stereocenters. The summed E-state index contributed by atoms with van der Waals surface area (Å²) in [5.74, 6) is 1.25. The summed E-state index contributed by atoms with van der Waals surface area (Å²) in [6.45, 7) is 7.50. The highest BCUT2D eigenvalue weighted by atomic mass is 16.5. The van der Waals surface area contributed by atoms with Gasteiger partial charge in [0.25, 0.3) is 0 Å².